The van der Waals surface area contributed by atoms with Crippen LogP contribution in [0.15, 0.2) is 27.7 Å². The molecule has 1 aliphatic carbocycles. The first kappa shape index (κ1) is 20.7. The molecule has 1 aromatic carbocycles. The van der Waals surface area contributed by atoms with Crippen molar-refractivity contribution in [3.8, 4) is 6.07 Å². The zero-order valence-electron chi connectivity index (χ0n) is 15.9. The van der Waals surface area contributed by atoms with Gasteiger partial charge in [0, 0.05) is 5.92 Å². The van der Waals surface area contributed by atoms with Crippen molar-refractivity contribution in [2.24, 2.45) is 11.0 Å². The molecule has 1 fully saturated rings. The minimum Gasteiger partial charge on any atom is -0.422 e. The molecule has 3 rings (SSSR count). The van der Waals surface area contributed by atoms with Crippen LogP contribution in [-0.4, -0.2) is 11.2 Å². The molecular weight excluding hydrogens is 395 g/mol. The number of hydrazone groups is 1. The van der Waals surface area contributed by atoms with E-state index in [9.17, 15) is 5.26 Å². The molecule has 1 saturated carbocycles. The molecule has 0 aliphatic heterocycles. The lowest BCUT2D eigenvalue weighted by molar-refractivity contribution is 0.278. The van der Waals surface area contributed by atoms with Gasteiger partial charge in [0.05, 0.1) is 16.3 Å². The number of benzene rings is 1. The van der Waals surface area contributed by atoms with Crippen LogP contribution >= 0.6 is 23.2 Å². The molecule has 7 heteroatoms. The van der Waals surface area contributed by atoms with E-state index in [2.05, 4.69) is 28.5 Å². The van der Waals surface area contributed by atoms with Gasteiger partial charge in [0.2, 0.25) is 11.6 Å². The molecule has 0 bridgehead atoms. The third-order valence-electron chi connectivity index (χ3n) is 5.23. The summed E-state index contributed by atoms with van der Waals surface area (Å²) in [4.78, 5) is 4.39. The standard InChI is InChI=1S/C21H24Cl2N4O/c1-2-3-4-14-5-8-16(9-6-14)20-26-19(12-24)21(28-20)27-25-13-15-7-10-17(22)18(23)11-15/h7,10-11,13-14,16,27H,2-6,8-9H2,1H3/b25-13-. The SMILES string of the molecule is CCCCC1CCC(c2nc(C#N)c(N/N=C\c3ccc(Cl)c(Cl)c3)o2)CC1. The van der Waals surface area contributed by atoms with Crippen molar-refractivity contribution >= 4 is 35.3 Å². The van der Waals surface area contributed by atoms with Gasteiger partial charge in [-0.05, 0) is 49.3 Å². The second kappa shape index (κ2) is 9.95. The molecule has 5 nitrogen and oxygen atoms in total. The van der Waals surface area contributed by atoms with Gasteiger partial charge < -0.3 is 4.42 Å². The summed E-state index contributed by atoms with van der Waals surface area (Å²) in [6.07, 6.45) is 9.98. The lowest BCUT2D eigenvalue weighted by Crippen LogP contribution is -2.13. The van der Waals surface area contributed by atoms with E-state index in [0.717, 1.165) is 24.3 Å². The zero-order valence-corrected chi connectivity index (χ0v) is 17.4. The average Bonchev–Trinajstić information content (AvgIpc) is 3.12. The molecule has 2 aromatic rings. The summed E-state index contributed by atoms with van der Waals surface area (Å²) >= 11 is 11.9. The number of aromatic nitrogens is 1. The molecule has 1 N–H and O–H groups in total. The van der Waals surface area contributed by atoms with Crippen molar-refractivity contribution in [2.75, 3.05) is 5.43 Å². The van der Waals surface area contributed by atoms with E-state index in [0.29, 0.717) is 15.9 Å². The smallest absolute Gasteiger partial charge is 0.252 e. The number of anilines is 1. The van der Waals surface area contributed by atoms with E-state index in [1.54, 1.807) is 24.4 Å². The molecule has 0 atom stereocenters. The number of rotatable bonds is 7. The van der Waals surface area contributed by atoms with Crippen molar-refractivity contribution in [3.63, 3.8) is 0 Å². The van der Waals surface area contributed by atoms with Gasteiger partial charge in [0.25, 0.3) is 5.88 Å². The van der Waals surface area contributed by atoms with Gasteiger partial charge in [-0.3, -0.25) is 0 Å². The summed E-state index contributed by atoms with van der Waals surface area (Å²) in [6.45, 7) is 2.24. The monoisotopic (exact) mass is 418 g/mol. The Bertz CT molecular complexity index is 864. The lowest BCUT2D eigenvalue weighted by atomic mass is 9.80. The molecule has 148 valence electrons. The maximum absolute atomic E-state index is 9.36. The molecular formula is C21H24Cl2N4O. The zero-order chi connectivity index (χ0) is 19.9. The van der Waals surface area contributed by atoms with Gasteiger partial charge in [0.1, 0.15) is 6.07 Å². The highest BCUT2D eigenvalue weighted by molar-refractivity contribution is 6.42. The summed E-state index contributed by atoms with van der Waals surface area (Å²) in [5, 5.41) is 14.4. The van der Waals surface area contributed by atoms with E-state index in [4.69, 9.17) is 27.6 Å². The van der Waals surface area contributed by atoms with E-state index in [-0.39, 0.29) is 17.5 Å². The fourth-order valence-electron chi connectivity index (χ4n) is 3.61. The average molecular weight is 419 g/mol. The van der Waals surface area contributed by atoms with E-state index >= 15 is 0 Å². The topological polar surface area (TPSA) is 74.2 Å². The van der Waals surface area contributed by atoms with Crippen molar-refractivity contribution in [3.05, 3.63) is 45.4 Å². The molecule has 1 aliphatic rings. The number of hydrogen-bond acceptors (Lipinski definition) is 5. The van der Waals surface area contributed by atoms with E-state index in [1.807, 2.05) is 0 Å². The van der Waals surface area contributed by atoms with Crippen LogP contribution in [0, 0.1) is 17.2 Å². The molecule has 0 unspecified atom stereocenters. The van der Waals surface area contributed by atoms with Gasteiger partial charge in [-0.2, -0.15) is 10.4 Å². The van der Waals surface area contributed by atoms with E-state index in [1.165, 1.54) is 32.1 Å². The van der Waals surface area contributed by atoms with Crippen LogP contribution in [-0.2, 0) is 0 Å². The van der Waals surface area contributed by atoms with Gasteiger partial charge in [-0.25, -0.2) is 10.4 Å². The Balaban J connectivity index is 1.62. The van der Waals surface area contributed by atoms with Crippen molar-refractivity contribution in [2.45, 2.75) is 57.8 Å². The molecule has 28 heavy (non-hydrogen) atoms. The normalized spacial score (nSPS) is 19.6. The highest BCUT2D eigenvalue weighted by Gasteiger charge is 2.27. The second-order valence-electron chi connectivity index (χ2n) is 7.25. The lowest BCUT2D eigenvalue weighted by Gasteiger charge is -2.26. The predicted molar refractivity (Wildman–Crippen MR) is 113 cm³/mol. The quantitative estimate of drug-likeness (QED) is 0.397. The van der Waals surface area contributed by atoms with Crippen molar-refractivity contribution in [1.29, 1.82) is 5.26 Å². The molecule has 1 heterocycles. The van der Waals surface area contributed by atoms with Crippen LogP contribution in [0.2, 0.25) is 10.0 Å². The Morgan fingerprint density at radius 1 is 1.29 bits per heavy atom. The molecule has 1 aromatic heterocycles. The molecule has 0 amide bonds. The number of nitrogens with one attached hydrogen (secondary N) is 1. The third-order valence-corrected chi connectivity index (χ3v) is 5.97. The van der Waals surface area contributed by atoms with Crippen LogP contribution in [0.4, 0.5) is 5.88 Å². The number of halogens is 2. The van der Waals surface area contributed by atoms with Gasteiger partial charge >= 0.3 is 0 Å². The Morgan fingerprint density at radius 2 is 2.07 bits per heavy atom. The Labute approximate surface area is 175 Å². The number of oxazole rings is 1. The maximum Gasteiger partial charge on any atom is 0.252 e. The highest BCUT2D eigenvalue weighted by atomic mass is 35.5. The minimum absolute atomic E-state index is 0.231. The first-order valence-corrected chi connectivity index (χ1v) is 10.5. The van der Waals surface area contributed by atoms with Crippen molar-refractivity contribution < 1.29 is 4.42 Å². The molecule has 0 saturated heterocycles. The number of nitriles is 1. The van der Waals surface area contributed by atoms with Gasteiger partial charge in [0.15, 0.2) is 0 Å². The third kappa shape index (κ3) is 5.27. The minimum atomic E-state index is 0.231. The summed E-state index contributed by atoms with van der Waals surface area (Å²) < 4.78 is 5.84. The van der Waals surface area contributed by atoms with Gasteiger partial charge in [-0.15, -0.1) is 0 Å². The summed E-state index contributed by atoms with van der Waals surface area (Å²) in [7, 11) is 0. The first-order chi connectivity index (χ1) is 13.6. The van der Waals surface area contributed by atoms with Crippen LogP contribution in [0.5, 0.6) is 0 Å². The largest absolute Gasteiger partial charge is 0.422 e. The van der Waals surface area contributed by atoms with Crippen LogP contribution in [0.3, 0.4) is 0 Å². The maximum atomic E-state index is 9.36. The number of nitrogens with zero attached hydrogens (tertiary/aromatic N) is 3. The molecule has 0 spiro atoms. The van der Waals surface area contributed by atoms with Crippen molar-refractivity contribution in [1.82, 2.24) is 4.98 Å². The summed E-state index contributed by atoms with van der Waals surface area (Å²) in [5.74, 6) is 2.01. The fourth-order valence-corrected chi connectivity index (χ4v) is 3.92. The molecule has 0 radical (unpaired) electrons. The Morgan fingerprint density at radius 3 is 2.75 bits per heavy atom. The number of unbranched alkanes of at least 4 members (excludes halogenated alkanes) is 1. The first-order valence-electron chi connectivity index (χ1n) is 9.75. The second-order valence-corrected chi connectivity index (χ2v) is 8.06. The summed E-state index contributed by atoms with van der Waals surface area (Å²) in [6, 6.07) is 7.29. The van der Waals surface area contributed by atoms with Gasteiger partial charge in [-0.1, -0.05) is 55.5 Å². The van der Waals surface area contributed by atoms with Crippen LogP contribution in [0.25, 0.3) is 0 Å². The van der Waals surface area contributed by atoms with E-state index < -0.39 is 0 Å². The Hall–Kier alpha value is -2.03. The fraction of sp³-hybridized carbons (Fsp3) is 0.476. The Kier molecular flexibility index (Phi) is 7.36. The summed E-state index contributed by atoms with van der Waals surface area (Å²) in [5.41, 5.74) is 3.80. The highest BCUT2D eigenvalue weighted by Crippen LogP contribution is 2.38. The number of hydrogen-bond donors (Lipinski definition) is 1. The predicted octanol–water partition coefficient (Wildman–Crippen LogP) is 6.76. The van der Waals surface area contributed by atoms with Crippen LogP contribution < -0.4 is 5.43 Å². The van der Waals surface area contributed by atoms with Crippen LogP contribution in [0.1, 0.15) is 74.9 Å².